The molecule has 7 heteroatoms. The molecular weight excluding hydrogens is 258 g/mol. The molecule has 2 aromatic heterocycles. The second kappa shape index (κ2) is 4.68. The van der Waals surface area contributed by atoms with Crippen LogP contribution in [0, 0.1) is 0 Å². The van der Waals surface area contributed by atoms with E-state index in [1.165, 1.54) is 12.8 Å². The minimum absolute atomic E-state index is 0.0621. The van der Waals surface area contributed by atoms with Gasteiger partial charge in [-0.3, -0.25) is 0 Å². The normalized spacial score (nSPS) is 26.2. The van der Waals surface area contributed by atoms with Crippen LogP contribution in [0.3, 0.4) is 0 Å². The second-order valence-electron chi connectivity index (χ2n) is 5.49. The van der Waals surface area contributed by atoms with E-state index < -0.39 is 0 Å². The van der Waals surface area contributed by atoms with Crippen molar-refractivity contribution in [3.05, 3.63) is 12.7 Å². The number of anilines is 1. The summed E-state index contributed by atoms with van der Waals surface area (Å²) in [6.45, 7) is 0.651. The fraction of sp³-hybridized carbons (Fsp3) is 0.615. The fourth-order valence-corrected chi connectivity index (χ4v) is 2.65. The second-order valence-corrected chi connectivity index (χ2v) is 5.49. The Morgan fingerprint density at radius 1 is 1.35 bits per heavy atom. The summed E-state index contributed by atoms with van der Waals surface area (Å²) in [5.41, 5.74) is 1.64. The minimum Gasteiger partial charge on any atom is -0.394 e. The van der Waals surface area contributed by atoms with Gasteiger partial charge >= 0.3 is 0 Å². The summed E-state index contributed by atoms with van der Waals surface area (Å²) in [6, 6.07) is 0.715. The van der Waals surface area contributed by atoms with Crippen molar-refractivity contribution in [2.45, 2.75) is 37.5 Å². The Hall–Kier alpha value is -1.73. The molecule has 2 N–H and O–H groups in total. The summed E-state index contributed by atoms with van der Waals surface area (Å²) < 4.78 is 7.57. The summed E-state index contributed by atoms with van der Waals surface area (Å²) in [4.78, 5) is 13.1. The zero-order valence-corrected chi connectivity index (χ0v) is 11.1. The molecule has 0 spiro atoms. The van der Waals surface area contributed by atoms with Crippen LogP contribution in [0.15, 0.2) is 12.7 Å². The van der Waals surface area contributed by atoms with Gasteiger partial charge in [0.05, 0.1) is 31.7 Å². The molecule has 0 radical (unpaired) electrons. The molecule has 1 aliphatic heterocycles. The highest BCUT2D eigenvalue weighted by Crippen LogP contribution is 2.30. The van der Waals surface area contributed by atoms with Crippen molar-refractivity contribution in [2.75, 3.05) is 18.5 Å². The lowest BCUT2D eigenvalue weighted by molar-refractivity contribution is 0.0576. The number of aromatic nitrogens is 4. The van der Waals surface area contributed by atoms with Crippen molar-refractivity contribution in [3.8, 4) is 0 Å². The van der Waals surface area contributed by atoms with E-state index >= 15 is 0 Å². The first-order valence-corrected chi connectivity index (χ1v) is 7.01. The van der Waals surface area contributed by atoms with Crippen molar-refractivity contribution < 1.29 is 9.84 Å². The molecule has 1 aliphatic carbocycles. The first-order valence-electron chi connectivity index (χ1n) is 7.01. The van der Waals surface area contributed by atoms with Gasteiger partial charge in [-0.15, -0.1) is 0 Å². The van der Waals surface area contributed by atoms with Crippen LogP contribution in [0.4, 0.5) is 5.82 Å². The number of ether oxygens (including phenoxy) is 1. The average Bonchev–Trinajstić information content (AvgIpc) is 3.01. The molecule has 1 saturated heterocycles. The Balaban J connectivity index is 1.67. The number of hydrogen-bond acceptors (Lipinski definition) is 6. The van der Waals surface area contributed by atoms with Crippen molar-refractivity contribution in [2.24, 2.45) is 0 Å². The average molecular weight is 275 g/mol. The van der Waals surface area contributed by atoms with E-state index in [0.29, 0.717) is 12.6 Å². The Morgan fingerprint density at radius 3 is 3.00 bits per heavy atom. The van der Waals surface area contributed by atoms with E-state index in [4.69, 9.17) is 9.84 Å². The van der Waals surface area contributed by atoms with E-state index in [2.05, 4.69) is 20.3 Å². The smallest absolute Gasteiger partial charge is 0.165 e. The summed E-state index contributed by atoms with van der Waals surface area (Å²) in [6.07, 6.45) is 6.47. The molecule has 3 heterocycles. The van der Waals surface area contributed by atoms with Gasteiger partial charge in [-0.2, -0.15) is 0 Å². The number of rotatable bonds is 4. The van der Waals surface area contributed by atoms with Crippen LogP contribution in [0.25, 0.3) is 11.2 Å². The summed E-state index contributed by atoms with van der Waals surface area (Å²) in [5, 5.41) is 12.5. The lowest BCUT2D eigenvalue weighted by Gasteiger charge is -2.10. The maximum atomic E-state index is 9.16. The van der Waals surface area contributed by atoms with E-state index in [1.54, 1.807) is 12.7 Å². The largest absolute Gasteiger partial charge is 0.394 e. The minimum atomic E-state index is -0.0802. The van der Waals surface area contributed by atoms with Gasteiger partial charge in [0, 0.05) is 6.04 Å². The number of aliphatic hydroxyl groups excluding tert-OH is 1. The first kappa shape index (κ1) is 12.0. The van der Waals surface area contributed by atoms with Crippen molar-refractivity contribution in [1.82, 2.24) is 19.5 Å². The topological polar surface area (TPSA) is 85.1 Å². The van der Waals surface area contributed by atoms with Crippen LogP contribution >= 0.6 is 0 Å². The van der Waals surface area contributed by atoms with Gasteiger partial charge in [0.1, 0.15) is 11.8 Å². The molecule has 0 aromatic carbocycles. The van der Waals surface area contributed by atoms with Gasteiger partial charge in [0.25, 0.3) is 0 Å². The van der Waals surface area contributed by atoms with Crippen LogP contribution in [-0.2, 0) is 4.74 Å². The first-order chi connectivity index (χ1) is 9.85. The lowest BCUT2D eigenvalue weighted by Crippen LogP contribution is -2.11. The van der Waals surface area contributed by atoms with Crippen molar-refractivity contribution >= 4 is 17.0 Å². The Kier molecular flexibility index (Phi) is 2.82. The van der Waals surface area contributed by atoms with Crippen molar-refractivity contribution in [3.63, 3.8) is 0 Å². The number of hydrogen-bond donors (Lipinski definition) is 2. The molecule has 7 nitrogen and oxygen atoms in total. The van der Waals surface area contributed by atoms with Crippen LogP contribution in [0.5, 0.6) is 0 Å². The highest BCUT2D eigenvalue weighted by atomic mass is 16.5. The number of nitrogens with one attached hydrogen (secondary N) is 1. The van der Waals surface area contributed by atoms with E-state index in [-0.39, 0.29) is 18.8 Å². The molecule has 2 fully saturated rings. The molecule has 0 amide bonds. The predicted molar refractivity (Wildman–Crippen MR) is 72.4 cm³/mol. The van der Waals surface area contributed by atoms with Crippen LogP contribution in [-0.4, -0.2) is 50.0 Å². The zero-order valence-electron chi connectivity index (χ0n) is 11.1. The zero-order chi connectivity index (χ0) is 13.5. The summed E-state index contributed by atoms with van der Waals surface area (Å²) >= 11 is 0. The molecule has 0 unspecified atom stereocenters. The number of fused-ring (bicyclic) bond motifs is 1. The standard InChI is InChI=1S/C13H17N5O2/c19-4-10-3-9(5-20-10)18-7-16-11-12(17-8-1-2-8)14-6-15-13(11)18/h6-10,19H,1-5H2,(H,14,15,17)/t9-,10-/m0/s1. The molecule has 2 atom stereocenters. The van der Waals surface area contributed by atoms with Crippen LogP contribution in [0.2, 0.25) is 0 Å². The Labute approximate surface area is 116 Å². The number of nitrogens with zero attached hydrogens (tertiary/aromatic N) is 4. The van der Waals surface area contributed by atoms with Gasteiger partial charge < -0.3 is 19.7 Å². The van der Waals surface area contributed by atoms with Crippen molar-refractivity contribution in [1.29, 1.82) is 0 Å². The Bertz CT molecular complexity index is 624. The SMILES string of the molecule is OC[C@@H]1C[C@H](n2cnc3c(NC4CC4)ncnc32)CO1. The lowest BCUT2D eigenvalue weighted by atomic mass is 10.2. The molecule has 1 saturated carbocycles. The predicted octanol–water partition coefficient (Wildman–Crippen LogP) is 0.723. The van der Waals surface area contributed by atoms with E-state index in [9.17, 15) is 0 Å². The fourth-order valence-electron chi connectivity index (χ4n) is 2.65. The van der Waals surface area contributed by atoms with Gasteiger partial charge in [-0.1, -0.05) is 0 Å². The maximum Gasteiger partial charge on any atom is 0.165 e. The van der Waals surface area contributed by atoms with Crippen LogP contribution < -0.4 is 5.32 Å². The third-order valence-corrected chi connectivity index (χ3v) is 3.93. The number of aliphatic hydroxyl groups is 1. The monoisotopic (exact) mass is 275 g/mol. The molecule has 106 valence electrons. The third-order valence-electron chi connectivity index (χ3n) is 3.93. The summed E-state index contributed by atoms with van der Waals surface area (Å²) in [7, 11) is 0. The molecule has 2 aromatic rings. The Morgan fingerprint density at radius 2 is 2.25 bits per heavy atom. The van der Waals surface area contributed by atoms with Gasteiger partial charge in [-0.25, -0.2) is 15.0 Å². The third kappa shape index (κ3) is 2.03. The maximum absolute atomic E-state index is 9.16. The highest BCUT2D eigenvalue weighted by molar-refractivity contribution is 5.83. The highest BCUT2D eigenvalue weighted by Gasteiger charge is 2.28. The quantitative estimate of drug-likeness (QED) is 0.855. The van der Waals surface area contributed by atoms with E-state index in [1.807, 2.05) is 4.57 Å². The molecular formula is C13H17N5O2. The summed E-state index contributed by atoms with van der Waals surface area (Å²) in [5.74, 6) is 0.814. The van der Waals surface area contributed by atoms with Crippen LogP contribution in [0.1, 0.15) is 25.3 Å². The van der Waals surface area contributed by atoms with Gasteiger partial charge in [-0.05, 0) is 19.3 Å². The molecule has 4 rings (SSSR count). The van der Waals surface area contributed by atoms with E-state index in [0.717, 1.165) is 23.4 Å². The van der Waals surface area contributed by atoms with Gasteiger partial charge in [0.15, 0.2) is 11.5 Å². The molecule has 2 aliphatic rings. The number of imidazole rings is 1. The molecule has 0 bridgehead atoms. The van der Waals surface area contributed by atoms with Gasteiger partial charge in [0.2, 0.25) is 0 Å². The molecule has 20 heavy (non-hydrogen) atoms.